The molecule has 0 fully saturated rings. The smallest absolute Gasteiger partial charge is 0.166 e. The van der Waals surface area contributed by atoms with Gasteiger partial charge in [0.2, 0.25) is 0 Å². The molecule has 0 bridgehead atoms. The Hall–Kier alpha value is 0.392. The van der Waals surface area contributed by atoms with Gasteiger partial charge in [-0.05, 0) is 0 Å². The fourth-order valence-corrected chi connectivity index (χ4v) is 0.342. The van der Waals surface area contributed by atoms with Gasteiger partial charge in [-0.25, -0.2) is 4.98 Å². The van der Waals surface area contributed by atoms with Crippen molar-refractivity contribution in [3.8, 4) is 0 Å². The van der Waals surface area contributed by atoms with Crippen molar-refractivity contribution in [2.24, 2.45) is 0 Å². The van der Waals surface area contributed by atoms with Crippen molar-refractivity contribution in [1.82, 2.24) is 0 Å². The Bertz CT molecular complexity index is 97.8. The van der Waals surface area contributed by atoms with Crippen LogP contribution in [0.15, 0.2) is 30.6 Å². The summed E-state index contributed by atoms with van der Waals surface area (Å²) < 4.78 is 0. The summed E-state index contributed by atoms with van der Waals surface area (Å²) in [6, 6.07) is 5.86. The molecule has 1 aromatic heterocycles. The predicted molar refractivity (Wildman–Crippen MR) is 34.7 cm³/mol. The third kappa shape index (κ3) is 8.39. The summed E-state index contributed by atoms with van der Waals surface area (Å²) >= 11 is -0.106. The van der Waals surface area contributed by atoms with Crippen molar-refractivity contribution < 1.29 is 20.9 Å². The second-order valence-electron chi connectivity index (χ2n) is 1.12. The summed E-state index contributed by atoms with van der Waals surface area (Å²) in [5.74, 6) is 0. The van der Waals surface area contributed by atoms with Crippen molar-refractivity contribution in [3.05, 3.63) is 30.6 Å². The van der Waals surface area contributed by atoms with Gasteiger partial charge in [-0.15, -0.1) is 0 Å². The Morgan fingerprint density at radius 2 is 1.44 bits per heavy atom. The average molecular weight is 257 g/mol. The summed E-state index contributed by atoms with van der Waals surface area (Å²) in [6.45, 7) is 0. The number of pyridine rings is 1. The van der Waals surface area contributed by atoms with Gasteiger partial charge in [-0.3, -0.25) is 0 Å². The fraction of sp³-hybridized carbons (Fsp3) is 0. The molecule has 0 amide bonds. The third-order valence-corrected chi connectivity index (χ3v) is 0.607. The van der Waals surface area contributed by atoms with Crippen LogP contribution in [-0.4, -0.2) is 0 Å². The summed E-state index contributed by atoms with van der Waals surface area (Å²) in [5, 5.41) is 0. The molecule has 0 aliphatic heterocycles. The molecule has 1 N–H and O–H groups in total. The summed E-state index contributed by atoms with van der Waals surface area (Å²) in [6.07, 6.45) is 3.75. The van der Waals surface area contributed by atoms with Crippen LogP contribution in [0.4, 0.5) is 0 Å². The first-order valence-electron chi connectivity index (χ1n) is 2.15. The van der Waals surface area contributed by atoms with E-state index in [1.54, 1.807) is 0 Å². The molecule has 0 aromatic carbocycles. The van der Waals surface area contributed by atoms with Gasteiger partial charge in [0.05, 0.1) is 0 Å². The number of rotatable bonds is 0. The predicted octanol–water partition coefficient (Wildman–Crippen LogP) is 1.88. The maximum Gasteiger partial charge on any atom is 0.166 e. The van der Waals surface area contributed by atoms with Crippen LogP contribution in [0.25, 0.3) is 0 Å². The molecule has 0 saturated carbocycles. The minimum absolute atomic E-state index is 0.106. The molecule has 0 aliphatic rings. The first-order valence-corrected chi connectivity index (χ1v) is 6.15. The van der Waals surface area contributed by atoms with Gasteiger partial charge in [0.25, 0.3) is 0 Å². The van der Waals surface area contributed by atoms with Crippen LogP contribution in [0.2, 0.25) is 0 Å². The van der Waals surface area contributed by atoms with E-state index in [-0.39, 0.29) is 15.9 Å². The van der Waals surface area contributed by atoms with E-state index < -0.39 is 0 Å². The van der Waals surface area contributed by atoms with E-state index in [0.29, 0.717) is 0 Å². The number of halogens is 2. The maximum atomic E-state index is 4.81. The molecule has 0 spiro atoms. The normalized spacial score (nSPS) is 7.78. The summed E-state index contributed by atoms with van der Waals surface area (Å²) in [5.41, 5.74) is 0. The van der Waals surface area contributed by atoms with Gasteiger partial charge in [-0.2, -0.15) is 0 Å². The van der Waals surface area contributed by atoms with E-state index >= 15 is 0 Å². The Kier molecular flexibility index (Phi) is 8.76. The zero-order valence-corrected chi connectivity index (χ0v) is 7.53. The minimum atomic E-state index is -0.106. The second kappa shape index (κ2) is 8.39. The van der Waals surface area contributed by atoms with Crippen molar-refractivity contribution in [2.45, 2.75) is 0 Å². The zero-order valence-electron chi connectivity index (χ0n) is 4.46. The SMILES string of the molecule is [Cl][Pd][Cl].c1cc[nH+]cc1. The van der Waals surface area contributed by atoms with E-state index in [0.717, 1.165) is 0 Å². The van der Waals surface area contributed by atoms with Crippen molar-refractivity contribution in [1.29, 1.82) is 0 Å². The quantitative estimate of drug-likeness (QED) is 0.630. The molecule has 9 heavy (non-hydrogen) atoms. The summed E-state index contributed by atoms with van der Waals surface area (Å²) in [4.78, 5) is 2.89. The summed E-state index contributed by atoms with van der Waals surface area (Å²) in [7, 11) is 9.63. The molecular formula is C5H6Cl2NPd+. The number of H-pyrrole nitrogens is 1. The van der Waals surface area contributed by atoms with Crippen LogP contribution in [0.5, 0.6) is 0 Å². The molecule has 0 radical (unpaired) electrons. The van der Waals surface area contributed by atoms with Gasteiger partial charge in [0.1, 0.15) is 0 Å². The van der Waals surface area contributed by atoms with Crippen molar-refractivity contribution >= 4 is 19.1 Å². The molecule has 0 saturated heterocycles. The average Bonchev–Trinajstić information content (AvgIpc) is 1.93. The molecule has 1 aromatic rings. The van der Waals surface area contributed by atoms with E-state index in [1.165, 1.54) is 0 Å². The Morgan fingerprint density at radius 1 is 1.00 bits per heavy atom. The number of aromatic nitrogens is 1. The van der Waals surface area contributed by atoms with E-state index in [1.807, 2.05) is 30.6 Å². The van der Waals surface area contributed by atoms with E-state index in [2.05, 4.69) is 4.98 Å². The molecule has 1 heterocycles. The number of nitrogens with one attached hydrogen (secondary N) is 1. The van der Waals surface area contributed by atoms with Gasteiger partial charge in [0, 0.05) is 12.1 Å². The molecule has 1 nitrogen and oxygen atoms in total. The molecule has 4 heteroatoms. The van der Waals surface area contributed by atoms with Crippen LogP contribution < -0.4 is 4.98 Å². The van der Waals surface area contributed by atoms with Gasteiger partial charge >= 0.3 is 35.0 Å². The Labute approximate surface area is 70.5 Å². The van der Waals surface area contributed by atoms with Crippen molar-refractivity contribution in [3.63, 3.8) is 0 Å². The first kappa shape index (κ1) is 9.39. The largest absolute Gasteiger partial charge is 0.218 e. The van der Waals surface area contributed by atoms with Crippen LogP contribution in [0, 0.1) is 0 Å². The monoisotopic (exact) mass is 256 g/mol. The van der Waals surface area contributed by atoms with Crippen LogP contribution >= 0.6 is 19.1 Å². The molecular weight excluding hydrogens is 251 g/mol. The molecule has 0 unspecified atom stereocenters. The standard InChI is InChI=1S/C5H5N.2ClH.Pd/c1-2-4-6-5-3-1;;;/h1-5H;2*1H;/q;;;+2/p-1. The Balaban J connectivity index is 0.000000187. The topological polar surface area (TPSA) is 14.1 Å². The minimum Gasteiger partial charge on any atom is -0.218 e. The van der Waals surface area contributed by atoms with Crippen LogP contribution in [0.3, 0.4) is 0 Å². The number of hydrogen-bond acceptors (Lipinski definition) is 0. The second-order valence-corrected chi connectivity index (χ2v) is 3.48. The fourth-order valence-electron chi connectivity index (χ4n) is 0.342. The first-order chi connectivity index (χ1) is 4.41. The number of aromatic amines is 1. The van der Waals surface area contributed by atoms with Crippen LogP contribution in [0.1, 0.15) is 0 Å². The van der Waals surface area contributed by atoms with E-state index in [9.17, 15) is 0 Å². The third-order valence-electron chi connectivity index (χ3n) is 0.607. The van der Waals surface area contributed by atoms with Gasteiger partial charge < -0.3 is 0 Å². The molecule has 54 valence electrons. The maximum absolute atomic E-state index is 4.81. The molecule has 1 rings (SSSR count). The van der Waals surface area contributed by atoms with E-state index in [4.69, 9.17) is 19.1 Å². The van der Waals surface area contributed by atoms with Gasteiger partial charge in [0.15, 0.2) is 12.4 Å². The Morgan fingerprint density at radius 3 is 1.56 bits per heavy atom. The van der Waals surface area contributed by atoms with Crippen LogP contribution in [-0.2, 0) is 15.9 Å². The molecule has 0 aliphatic carbocycles. The van der Waals surface area contributed by atoms with Crippen molar-refractivity contribution in [2.75, 3.05) is 0 Å². The number of hydrogen-bond donors (Lipinski definition) is 0. The van der Waals surface area contributed by atoms with Gasteiger partial charge in [-0.1, -0.05) is 6.07 Å². The molecule has 0 atom stereocenters. The zero-order chi connectivity index (χ0) is 6.95.